The molecule has 0 aromatic heterocycles. The van der Waals surface area contributed by atoms with Crippen LogP contribution in [0.3, 0.4) is 0 Å². The van der Waals surface area contributed by atoms with Gasteiger partial charge >= 0.3 is 5.97 Å². The van der Waals surface area contributed by atoms with Crippen molar-refractivity contribution in [3.8, 4) is 0 Å². The number of halogens is 1. The topological polar surface area (TPSA) is 55.4 Å². The van der Waals surface area contributed by atoms with Gasteiger partial charge in [0.15, 0.2) is 0 Å². The zero-order valence-electron chi connectivity index (χ0n) is 14.0. The van der Waals surface area contributed by atoms with Crippen LogP contribution in [0.2, 0.25) is 0 Å². The lowest BCUT2D eigenvalue weighted by molar-refractivity contribution is -0.143. The molecule has 0 radical (unpaired) electrons. The number of aryl methyl sites for hydroxylation is 1. The molecule has 0 unspecified atom stereocenters. The van der Waals surface area contributed by atoms with Gasteiger partial charge in [0.05, 0.1) is 6.61 Å². The number of benzene rings is 2. The van der Waals surface area contributed by atoms with Gasteiger partial charge in [-0.15, -0.1) is 0 Å². The summed E-state index contributed by atoms with van der Waals surface area (Å²) in [5, 5.41) is 2.60. The fraction of sp³-hybridized carbons (Fsp3) is 0.300. The SMILES string of the molecule is O=C(CCCC(=O)OCCCc1ccccc1)Nc1cccc(F)c1. The van der Waals surface area contributed by atoms with Crippen LogP contribution < -0.4 is 5.32 Å². The van der Waals surface area contributed by atoms with Crippen LogP contribution in [0, 0.1) is 5.82 Å². The first-order valence-corrected chi connectivity index (χ1v) is 8.38. The Morgan fingerprint density at radius 3 is 2.52 bits per heavy atom. The highest BCUT2D eigenvalue weighted by atomic mass is 19.1. The largest absolute Gasteiger partial charge is 0.466 e. The molecule has 5 heteroatoms. The summed E-state index contributed by atoms with van der Waals surface area (Å²) in [6.45, 7) is 0.378. The number of amides is 1. The van der Waals surface area contributed by atoms with Crippen LogP contribution in [0.1, 0.15) is 31.2 Å². The van der Waals surface area contributed by atoms with Crippen molar-refractivity contribution >= 4 is 17.6 Å². The molecule has 0 aliphatic heterocycles. The Morgan fingerprint density at radius 2 is 1.76 bits per heavy atom. The van der Waals surface area contributed by atoms with Gasteiger partial charge in [0.2, 0.25) is 5.91 Å². The van der Waals surface area contributed by atoms with Crippen molar-refractivity contribution in [2.75, 3.05) is 11.9 Å². The summed E-state index contributed by atoms with van der Waals surface area (Å²) in [5.41, 5.74) is 1.63. The number of hydrogen-bond donors (Lipinski definition) is 1. The van der Waals surface area contributed by atoms with Crippen molar-refractivity contribution in [2.24, 2.45) is 0 Å². The Morgan fingerprint density at radius 1 is 0.960 bits per heavy atom. The molecule has 0 aliphatic carbocycles. The Balaban J connectivity index is 1.55. The molecule has 0 heterocycles. The molecular formula is C20H22FNO3. The van der Waals surface area contributed by atoms with Crippen LogP contribution in [-0.4, -0.2) is 18.5 Å². The quantitative estimate of drug-likeness (QED) is 0.551. The van der Waals surface area contributed by atoms with Gasteiger partial charge in [-0.2, -0.15) is 0 Å². The van der Waals surface area contributed by atoms with Crippen molar-refractivity contribution in [1.82, 2.24) is 0 Å². The Labute approximate surface area is 147 Å². The number of hydrogen-bond acceptors (Lipinski definition) is 3. The van der Waals surface area contributed by atoms with Gasteiger partial charge in [-0.25, -0.2) is 4.39 Å². The van der Waals surface area contributed by atoms with E-state index in [9.17, 15) is 14.0 Å². The van der Waals surface area contributed by atoms with E-state index in [-0.39, 0.29) is 24.7 Å². The lowest BCUT2D eigenvalue weighted by atomic mass is 10.1. The number of ether oxygens (including phenoxy) is 1. The zero-order chi connectivity index (χ0) is 17.9. The molecule has 2 aromatic carbocycles. The Bertz CT molecular complexity index is 688. The maximum Gasteiger partial charge on any atom is 0.305 e. The summed E-state index contributed by atoms with van der Waals surface area (Å²) in [6.07, 6.45) is 2.43. The summed E-state index contributed by atoms with van der Waals surface area (Å²) in [5.74, 6) is -0.953. The minimum atomic E-state index is -0.406. The van der Waals surface area contributed by atoms with E-state index < -0.39 is 5.82 Å². The van der Waals surface area contributed by atoms with E-state index in [1.165, 1.54) is 23.8 Å². The summed E-state index contributed by atoms with van der Waals surface area (Å²) in [7, 11) is 0. The predicted octanol–water partition coefficient (Wildman–Crippen LogP) is 4.11. The van der Waals surface area contributed by atoms with Gasteiger partial charge in [0.1, 0.15) is 5.82 Å². The molecule has 0 spiro atoms. The van der Waals surface area contributed by atoms with Crippen LogP contribution in [0.15, 0.2) is 54.6 Å². The van der Waals surface area contributed by atoms with Crippen molar-refractivity contribution < 1.29 is 18.7 Å². The van der Waals surface area contributed by atoms with E-state index in [1.54, 1.807) is 6.07 Å². The molecule has 4 nitrogen and oxygen atoms in total. The number of rotatable bonds is 9. The fourth-order valence-electron chi connectivity index (χ4n) is 2.36. The van der Waals surface area contributed by atoms with Crippen molar-refractivity contribution in [3.63, 3.8) is 0 Å². The lowest BCUT2D eigenvalue weighted by Gasteiger charge is -2.06. The predicted molar refractivity (Wildman–Crippen MR) is 94.6 cm³/mol. The Hall–Kier alpha value is -2.69. The van der Waals surface area contributed by atoms with Crippen molar-refractivity contribution in [3.05, 3.63) is 66.0 Å². The number of anilines is 1. The second kappa shape index (κ2) is 10.2. The molecule has 132 valence electrons. The molecule has 2 aromatic rings. The fourth-order valence-corrected chi connectivity index (χ4v) is 2.36. The third-order valence-corrected chi connectivity index (χ3v) is 3.61. The molecule has 2 rings (SSSR count). The highest BCUT2D eigenvalue weighted by Gasteiger charge is 2.07. The number of esters is 1. The molecule has 0 aliphatic rings. The third-order valence-electron chi connectivity index (χ3n) is 3.61. The zero-order valence-corrected chi connectivity index (χ0v) is 14.0. The molecule has 0 bridgehead atoms. The summed E-state index contributed by atoms with van der Waals surface area (Å²) >= 11 is 0. The first kappa shape index (κ1) is 18.6. The molecule has 0 saturated heterocycles. The van der Waals surface area contributed by atoms with Gasteiger partial charge in [-0.3, -0.25) is 9.59 Å². The first-order valence-electron chi connectivity index (χ1n) is 8.38. The summed E-state index contributed by atoms with van der Waals surface area (Å²) < 4.78 is 18.2. The smallest absolute Gasteiger partial charge is 0.305 e. The van der Waals surface area contributed by atoms with Crippen LogP contribution in [0.25, 0.3) is 0 Å². The molecule has 25 heavy (non-hydrogen) atoms. The van der Waals surface area contributed by atoms with E-state index >= 15 is 0 Å². The molecule has 0 atom stereocenters. The van der Waals surface area contributed by atoms with Gasteiger partial charge in [0.25, 0.3) is 0 Å². The van der Waals surface area contributed by atoms with Crippen LogP contribution >= 0.6 is 0 Å². The first-order chi connectivity index (χ1) is 12.1. The van der Waals surface area contributed by atoms with Gasteiger partial charge < -0.3 is 10.1 Å². The minimum absolute atomic E-state index is 0.190. The van der Waals surface area contributed by atoms with Crippen molar-refractivity contribution in [2.45, 2.75) is 32.1 Å². The Kier molecular flexibility index (Phi) is 7.63. The van der Waals surface area contributed by atoms with E-state index in [1.807, 2.05) is 30.3 Å². The van der Waals surface area contributed by atoms with E-state index in [0.29, 0.717) is 18.7 Å². The number of carbonyl (C=O) groups excluding carboxylic acids is 2. The summed E-state index contributed by atoms with van der Waals surface area (Å²) in [4.78, 5) is 23.4. The molecule has 1 amide bonds. The van der Waals surface area contributed by atoms with Crippen LogP contribution in [-0.2, 0) is 20.7 Å². The van der Waals surface area contributed by atoms with Gasteiger partial charge in [0, 0.05) is 18.5 Å². The standard InChI is InChI=1S/C20H22FNO3/c21-17-10-4-11-18(15-17)22-19(23)12-5-13-20(24)25-14-6-9-16-7-2-1-3-8-16/h1-4,7-8,10-11,15H,5-6,9,12-14H2,(H,22,23). The maximum absolute atomic E-state index is 13.0. The molecular weight excluding hydrogens is 321 g/mol. The lowest BCUT2D eigenvalue weighted by Crippen LogP contribution is -2.13. The van der Waals surface area contributed by atoms with E-state index in [4.69, 9.17) is 4.74 Å². The van der Waals surface area contributed by atoms with Crippen LogP contribution in [0.5, 0.6) is 0 Å². The maximum atomic E-state index is 13.0. The highest BCUT2D eigenvalue weighted by molar-refractivity contribution is 5.90. The van der Waals surface area contributed by atoms with Crippen molar-refractivity contribution in [1.29, 1.82) is 0 Å². The number of carbonyl (C=O) groups is 2. The number of nitrogens with one attached hydrogen (secondary N) is 1. The van der Waals surface area contributed by atoms with E-state index in [0.717, 1.165) is 12.8 Å². The second-order valence-corrected chi connectivity index (χ2v) is 5.72. The molecule has 0 saturated carbocycles. The minimum Gasteiger partial charge on any atom is -0.466 e. The third kappa shape index (κ3) is 7.61. The highest BCUT2D eigenvalue weighted by Crippen LogP contribution is 2.10. The normalized spacial score (nSPS) is 10.3. The van der Waals surface area contributed by atoms with E-state index in [2.05, 4.69) is 5.32 Å². The van der Waals surface area contributed by atoms with Gasteiger partial charge in [-0.1, -0.05) is 36.4 Å². The summed E-state index contributed by atoms with van der Waals surface area (Å²) in [6, 6.07) is 15.7. The monoisotopic (exact) mass is 343 g/mol. The van der Waals surface area contributed by atoms with Crippen LogP contribution in [0.4, 0.5) is 10.1 Å². The molecule has 1 N–H and O–H groups in total. The molecule has 0 fully saturated rings. The van der Waals surface area contributed by atoms with Gasteiger partial charge in [-0.05, 0) is 43.0 Å². The average molecular weight is 343 g/mol. The average Bonchev–Trinajstić information content (AvgIpc) is 2.60. The second-order valence-electron chi connectivity index (χ2n) is 5.72.